The summed E-state index contributed by atoms with van der Waals surface area (Å²) in [5.74, 6) is 0.389. The average Bonchev–Trinajstić information content (AvgIpc) is 2.94. The van der Waals surface area contributed by atoms with Crippen LogP contribution in [0.4, 0.5) is 14.6 Å². The van der Waals surface area contributed by atoms with Gasteiger partial charge in [-0.1, -0.05) is 5.16 Å². The summed E-state index contributed by atoms with van der Waals surface area (Å²) in [4.78, 5) is 12.1. The number of nitrogens with one attached hydrogen (secondary N) is 1. The number of halogens is 3. The van der Waals surface area contributed by atoms with E-state index in [1.807, 2.05) is 0 Å². The molecule has 0 saturated heterocycles. The van der Waals surface area contributed by atoms with Gasteiger partial charge in [-0.3, -0.25) is 9.48 Å². The third-order valence-electron chi connectivity index (χ3n) is 2.93. The Labute approximate surface area is 127 Å². The van der Waals surface area contributed by atoms with E-state index >= 15 is 0 Å². The van der Waals surface area contributed by atoms with Crippen molar-refractivity contribution >= 4 is 27.7 Å². The lowest BCUT2D eigenvalue weighted by atomic mass is 10.3. The SMILES string of the molecule is Cc1cc(NC(=O)C(C)n2nc(C(F)F)c(Br)c2C)no1. The Morgan fingerprint density at radius 1 is 1.48 bits per heavy atom. The molecule has 1 atom stereocenters. The molecule has 1 amide bonds. The molecular weight excluding hydrogens is 350 g/mol. The summed E-state index contributed by atoms with van der Waals surface area (Å²) >= 11 is 3.07. The number of carbonyl (C=O) groups excluding carboxylic acids is 1. The zero-order chi connectivity index (χ0) is 15.7. The number of carbonyl (C=O) groups is 1. The molecule has 1 unspecified atom stereocenters. The maximum Gasteiger partial charge on any atom is 0.283 e. The fourth-order valence-corrected chi connectivity index (χ4v) is 2.24. The predicted molar refractivity (Wildman–Crippen MR) is 74.2 cm³/mol. The topological polar surface area (TPSA) is 73.0 Å². The fourth-order valence-electron chi connectivity index (χ4n) is 1.80. The second-order valence-electron chi connectivity index (χ2n) is 4.52. The second kappa shape index (κ2) is 5.92. The van der Waals surface area contributed by atoms with Crippen molar-refractivity contribution in [1.29, 1.82) is 0 Å². The van der Waals surface area contributed by atoms with Crippen molar-refractivity contribution in [3.63, 3.8) is 0 Å². The Morgan fingerprint density at radius 3 is 2.62 bits per heavy atom. The van der Waals surface area contributed by atoms with Crippen molar-refractivity contribution in [2.24, 2.45) is 0 Å². The van der Waals surface area contributed by atoms with Gasteiger partial charge in [0.1, 0.15) is 17.5 Å². The van der Waals surface area contributed by atoms with Gasteiger partial charge in [-0.05, 0) is 36.7 Å². The van der Waals surface area contributed by atoms with Crippen molar-refractivity contribution in [2.45, 2.75) is 33.2 Å². The monoisotopic (exact) mass is 362 g/mol. The molecule has 2 aromatic rings. The van der Waals surface area contributed by atoms with Crippen molar-refractivity contribution in [1.82, 2.24) is 14.9 Å². The summed E-state index contributed by atoms with van der Waals surface area (Å²) in [7, 11) is 0. The van der Waals surface area contributed by atoms with Gasteiger partial charge in [-0.15, -0.1) is 0 Å². The van der Waals surface area contributed by atoms with Crippen molar-refractivity contribution in [3.05, 3.63) is 27.7 Å². The number of rotatable bonds is 4. The van der Waals surface area contributed by atoms with E-state index in [1.54, 1.807) is 26.8 Å². The molecule has 0 aromatic carbocycles. The van der Waals surface area contributed by atoms with Gasteiger partial charge in [0, 0.05) is 6.07 Å². The van der Waals surface area contributed by atoms with Gasteiger partial charge in [0.2, 0.25) is 5.91 Å². The van der Waals surface area contributed by atoms with E-state index in [0.29, 0.717) is 11.5 Å². The number of nitrogens with zero attached hydrogens (tertiary/aromatic N) is 3. The summed E-state index contributed by atoms with van der Waals surface area (Å²) in [6.45, 7) is 4.85. The zero-order valence-corrected chi connectivity index (χ0v) is 13.1. The standard InChI is InChI=1S/C12H13BrF2N4O2/c1-5-4-8(18-21-5)16-12(20)7(3)19-6(2)9(13)10(17-19)11(14)15/h4,7,11H,1-3H3,(H,16,18,20). The number of anilines is 1. The first-order valence-corrected chi connectivity index (χ1v) is 6.87. The van der Waals surface area contributed by atoms with Crippen LogP contribution in [0.15, 0.2) is 15.1 Å². The molecule has 0 bridgehead atoms. The van der Waals surface area contributed by atoms with Gasteiger partial charge in [-0.2, -0.15) is 5.10 Å². The van der Waals surface area contributed by atoms with Crippen LogP contribution in [0.2, 0.25) is 0 Å². The van der Waals surface area contributed by atoms with Gasteiger partial charge < -0.3 is 9.84 Å². The number of aromatic nitrogens is 3. The number of hydrogen-bond donors (Lipinski definition) is 1. The van der Waals surface area contributed by atoms with Crippen molar-refractivity contribution in [3.8, 4) is 0 Å². The fraction of sp³-hybridized carbons (Fsp3) is 0.417. The van der Waals surface area contributed by atoms with E-state index in [9.17, 15) is 13.6 Å². The van der Waals surface area contributed by atoms with Crippen LogP contribution in [-0.2, 0) is 4.79 Å². The Bertz CT molecular complexity index is 668. The molecule has 9 heteroatoms. The predicted octanol–water partition coefficient (Wildman–Crippen LogP) is 3.39. The van der Waals surface area contributed by atoms with Crippen LogP contribution < -0.4 is 5.32 Å². The Balaban J connectivity index is 2.21. The van der Waals surface area contributed by atoms with Gasteiger partial charge in [0.05, 0.1) is 10.2 Å². The lowest BCUT2D eigenvalue weighted by Gasteiger charge is -2.13. The van der Waals surface area contributed by atoms with E-state index in [2.05, 4.69) is 31.5 Å². The maximum atomic E-state index is 12.8. The highest BCUT2D eigenvalue weighted by molar-refractivity contribution is 9.10. The van der Waals surface area contributed by atoms with Crippen molar-refractivity contribution in [2.75, 3.05) is 5.32 Å². The molecule has 0 spiro atoms. The highest BCUT2D eigenvalue weighted by Gasteiger charge is 2.25. The molecule has 0 aliphatic heterocycles. The highest BCUT2D eigenvalue weighted by atomic mass is 79.9. The van der Waals surface area contributed by atoms with Crippen LogP contribution in [0.3, 0.4) is 0 Å². The first kappa shape index (κ1) is 15.6. The minimum Gasteiger partial charge on any atom is -0.360 e. The van der Waals surface area contributed by atoms with Gasteiger partial charge in [-0.25, -0.2) is 8.78 Å². The summed E-state index contributed by atoms with van der Waals surface area (Å²) in [6.07, 6.45) is -2.72. The zero-order valence-electron chi connectivity index (χ0n) is 11.5. The van der Waals surface area contributed by atoms with Crippen molar-refractivity contribution < 1.29 is 18.1 Å². The normalized spacial score (nSPS) is 12.7. The molecule has 1 N–H and O–H groups in total. The number of alkyl halides is 2. The molecule has 0 aliphatic rings. The van der Waals surface area contributed by atoms with Gasteiger partial charge in [0.15, 0.2) is 5.82 Å². The average molecular weight is 363 g/mol. The van der Waals surface area contributed by atoms with Crippen LogP contribution in [-0.4, -0.2) is 20.8 Å². The molecule has 0 radical (unpaired) electrons. The molecule has 2 aromatic heterocycles. The third kappa shape index (κ3) is 3.12. The Hall–Kier alpha value is -1.77. The maximum absolute atomic E-state index is 12.8. The van der Waals surface area contributed by atoms with E-state index in [-0.39, 0.29) is 16.0 Å². The van der Waals surface area contributed by atoms with Crippen LogP contribution >= 0.6 is 15.9 Å². The quantitative estimate of drug-likeness (QED) is 0.904. The minimum absolute atomic E-state index is 0.203. The summed E-state index contributed by atoms with van der Waals surface area (Å²) in [5.41, 5.74) is 0.0636. The van der Waals surface area contributed by atoms with Crippen LogP contribution in [0, 0.1) is 13.8 Å². The van der Waals surface area contributed by atoms with E-state index < -0.39 is 18.4 Å². The molecule has 0 saturated carbocycles. The van der Waals surface area contributed by atoms with Crippen LogP contribution in [0.1, 0.15) is 36.5 Å². The minimum atomic E-state index is -2.72. The van der Waals surface area contributed by atoms with E-state index in [4.69, 9.17) is 4.52 Å². The largest absolute Gasteiger partial charge is 0.360 e. The molecule has 6 nitrogen and oxygen atoms in total. The van der Waals surface area contributed by atoms with Gasteiger partial charge >= 0.3 is 0 Å². The second-order valence-corrected chi connectivity index (χ2v) is 5.31. The first-order chi connectivity index (χ1) is 9.81. The number of amides is 1. The molecule has 0 aliphatic carbocycles. The third-order valence-corrected chi connectivity index (χ3v) is 3.91. The van der Waals surface area contributed by atoms with Crippen LogP contribution in [0.5, 0.6) is 0 Å². The summed E-state index contributed by atoms with van der Waals surface area (Å²) in [6, 6.07) is 0.784. The first-order valence-electron chi connectivity index (χ1n) is 6.08. The molecular formula is C12H13BrF2N4O2. The summed E-state index contributed by atoms with van der Waals surface area (Å²) < 4.78 is 31.9. The molecule has 0 fully saturated rings. The highest BCUT2D eigenvalue weighted by Crippen LogP contribution is 2.30. The lowest BCUT2D eigenvalue weighted by molar-refractivity contribution is -0.119. The van der Waals surface area contributed by atoms with Gasteiger partial charge in [0.25, 0.3) is 6.43 Å². The lowest BCUT2D eigenvalue weighted by Crippen LogP contribution is -2.25. The molecule has 114 valence electrons. The summed E-state index contributed by atoms with van der Waals surface area (Å²) in [5, 5.41) is 9.97. The van der Waals surface area contributed by atoms with E-state index in [0.717, 1.165) is 0 Å². The smallest absolute Gasteiger partial charge is 0.283 e. The molecule has 21 heavy (non-hydrogen) atoms. The van der Waals surface area contributed by atoms with E-state index in [1.165, 1.54) is 4.68 Å². The number of aryl methyl sites for hydroxylation is 1. The molecule has 2 rings (SSSR count). The Morgan fingerprint density at radius 2 is 2.14 bits per heavy atom. The number of hydrogen-bond acceptors (Lipinski definition) is 4. The Kier molecular flexibility index (Phi) is 4.40. The van der Waals surface area contributed by atoms with Crippen LogP contribution in [0.25, 0.3) is 0 Å². The molecule has 2 heterocycles.